The van der Waals surface area contributed by atoms with Gasteiger partial charge in [-0.3, -0.25) is 14.4 Å². The normalized spacial score (nSPS) is 24.5. The second kappa shape index (κ2) is 6.19. The largest absolute Gasteiger partial charge is 0.480 e. The number of piperidine rings is 1. The van der Waals surface area contributed by atoms with Crippen LogP contribution < -0.4 is 0 Å². The molecule has 1 fully saturated rings. The molecule has 2 atom stereocenters. The molecule has 2 rings (SSSR count). The summed E-state index contributed by atoms with van der Waals surface area (Å²) in [4.78, 5) is 13.5. The molecule has 0 amide bonds. The summed E-state index contributed by atoms with van der Waals surface area (Å²) in [5.41, 5.74) is 1.17. The lowest BCUT2D eigenvalue weighted by molar-refractivity contribution is -0.145. The topological polar surface area (TPSA) is 58.4 Å². The summed E-state index contributed by atoms with van der Waals surface area (Å²) in [7, 11) is 1.90. The minimum Gasteiger partial charge on any atom is -0.480 e. The molecule has 1 aliphatic rings. The van der Waals surface area contributed by atoms with Crippen molar-refractivity contribution < 1.29 is 9.90 Å². The molecule has 1 saturated heterocycles. The number of nitrogens with zero attached hydrogens (tertiary/aromatic N) is 3. The third-order valence-corrected chi connectivity index (χ3v) is 4.13. The number of carboxylic acid groups (broad SMARTS) is 1. The molecule has 0 spiro atoms. The molecule has 0 bridgehead atoms. The second-order valence-corrected chi connectivity index (χ2v) is 5.46. The van der Waals surface area contributed by atoms with E-state index in [0.29, 0.717) is 5.92 Å². The molecule has 0 aromatic carbocycles. The van der Waals surface area contributed by atoms with Crippen molar-refractivity contribution in [3.8, 4) is 0 Å². The molecule has 0 radical (unpaired) electrons. The Morgan fingerprint density at radius 1 is 1.58 bits per heavy atom. The van der Waals surface area contributed by atoms with Crippen LogP contribution in [-0.4, -0.2) is 44.9 Å². The van der Waals surface area contributed by atoms with Gasteiger partial charge in [-0.2, -0.15) is 5.10 Å². The van der Waals surface area contributed by atoms with E-state index in [1.807, 2.05) is 19.4 Å². The van der Waals surface area contributed by atoms with Crippen molar-refractivity contribution in [2.75, 3.05) is 13.1 Å². The number of hydrogen-bond acceptors (Lipinski definition) is 3. The third-order valence-electron chi connectivity index (χ3n) is 4.13. The molecule has 1 aliphatic heterocycles. The zero-order chi connectivity index (χ0) is 13.8. The summed E-state index contributed by atoms with van der Waals surface area (Å²) in [5, 5.41) is 13.5. The number of aromatic nitrogens is 2. The summed E-state index contributed by atoms with van der Waals surface area (Å²) in [6, 6.07) is -0.310. The molecule has 0 saturated carbocycles. The lowest BCUT2D eigenvalue weighted by Gasteiger charge is -2.36. The van der Waals surface area contributed by atoms with E-state index in [1.165, 1.54) is 5.56 Å². The van der Waals surface area contributed by atoms with Crippen LogP contribution >= 0.6 is 0 Å². The number of aliphatic carboxylic acids is 1. The highest BCUT2D eigenvalue weighted by atomic mass is 16.4. The average Bonchev–Trinajstić information content (AvgIpc) is 2.82. The van der Waals surface area contributed by atoms with Gasteiger partial charge in [-0.1, -0.05) is 13.3 Å². The number of aryl methyl sites for hydroxylation is 1. The quantitative estimate of drug-likeness (QED) is 0.877. The van der Waals surface area contributed by atoms with Gasteiger partial charge in [0.05, 0.1) is 6.20 Å². The fraction of sp³-hybridized carbons (Fsp3) is 0.714. The van der Waals surface area contributed by atoms with Gasteiger partial charge in [0.1, 0.15) is 6.04 Å². The zero-order valence-corrected chi connectivity index (χ0v) is 11.7. The zero-order valence-electron chi connectivity index (χ0n) is 11.7. The Bertz CT molecular complexity index is 430. The highest BCUT2D eigenvalue weighted by Gasteiger charge is 2.32. The van der Waals surface area contributed by atoms with Crippen LogP contribution in [0.2, 0.25) is 0 Å². The molecular formula is C14H23N3O2. The molecule has 5 nitrogen and oxygen atoms in total. The Morgan fingerprint density at radius 3 is 2.95 bits per heavy atom. The number of rotatable bonds is 5. The lowest BCUT2D eigenvalue weighted by Crippen LogP contribution is -2.47. The molecular weight excluding hydrogens is 242 g/mol. The van der Waals surface area contributed by atoms with Crippen molar-refractivity contribution in [2.24, 2.45) is 13.0 Å². The van der Waals surface area contributed by atoms with Crippen LogP contribution in [0.15, 0.2) is 12.4 Å². The Hall–Kier alpha value is -1.36. The maximum Gasteiger partial charge on any atom is 0.320 e. The summed E-state index contributed by atoms with van der Waals surface area (Å²) < 4.78 is 1.79. The van der Waals surface area contributed by atoms with Crippen LogP contribution in [-0.2, 0) is 18.3 Å². The summed E-state index contributed by atoms with van der Waals surface area (Å²) in [6.07, 6.45) is 7.71. The second-order valence-electron chi connectivity index (χ2n) is 5.46. The van der Waals surface area contributed by atoms with E-state index in [1.54, 1.807) is 4.68 Å². The Labute approximate surface area is 114 Å². The van der Waals surface area contributed by atoms with Gasteiger partial charge < -0.3 is 5.11 Å². The SMILES string of the molecule is CCC1CCN(CCc2cnn(C)c2)C(C(=O)O)C1. The number of likely N-dealkylation sites (tertiary alicyclic amines) is 1. The van der Waals surface area contributed by atoms with Crippen LogP contribution in [0.3, 0.4) is 0 Å². The van der Waals surface area contributed by atoms with Crippen molar-refractivity contribution in [3.05, 3.63) is 18.0 Å². The van der Waals surface area contributed by atoms with Crippen LogP contribution in [0, 0.1) is 5.92 Å². The van der Waals surface area contributed by atoms with Crippen molar-refractivity contribution in [1.82, 2.24) is 14.7 Å². The molecule has 2 unspecified atom stereocenters. The van der Waals surface area contributed by atoms with Crippen LogP contribution in [0.5, 0.6) is 0 Å². The summed E-state index contributed by atoms with van der Waals surface area (Å²) in [6.45, 7) is 3.85. The van der Waals surface area contributed by atoms with Crippen molar-refractivity contribution in [2.45, 2.75) is 38.6 Å². The van der Waals surface area contributed by atoms with Crippen LogP contribution in [0.4, 0.5) is 0 Å². The van der Waals surface area contributed by atoms with Gasteiger partial charge in [0.15, 0.2) is 0 Å². The first-order chi connectivity index (χ1) is 9.10. The smallest absolute Gasteiger partial charge is 0.320 e. The summed E-state index contributed by atoms with van der Waals surface area (Å²) in [5.74, 6) is -0.111. The van der Waals surface area contributed by atoms with Gasteiger partial charge >= 0.3 is 5.97 Å². The number of carboxylic acids is 1. The molecule has 1 N–H and O–H groups in total. The van der Waals surface area contributed by atoms with E-state index in [9.17, 15) is 9.90 Å². The first-order valence-electron chi connectivity index (χ1n) is 7.04. The maximum atomic E-state index is 11.4. The number of hydrogen-bond donors (Lipinski definition) is 1. The predicted octanol–water partition coefficient (Wildman–Crippen LogP) is 1.54. The van der Waals surface area contributed by atoms with E-state index in [2.05, 4.69) is 16.9 Å². The number of carbonyl (C=O) groups is 1. The molecule has 1 aromatic heterocycles. The van der Waals surface area contributed by atoms with Gasteiger partial charge in [0, 0.05) is 19.8 Å². The molecule has 0 aliphatic carbocycles. The maximum absolute atomic E-state index is 11.4. The molecule has 5 heteroatoms. The minimum absolute atomic E-state index is 0.310. The van der Waals surface area contributed by atoms with Gasteiger partial charge in [0.2, 0.25) is 0 Å². The predicted molar refractivity (Wildman–Crippen MR) is 72.9 cm³/mol. The van der Waals surface area contributed by atoms with E-state index in [0.717, 1.165) is 38.8 Å². The minimum atomic E-state index is -0.677. The Morgan fingerprint density at radius 2 is 2.37 bits per heavy atom. The molecule has 19 heavy (non-hydrogen) atoms. The molecule has 106 valence electrons. The Balaban J connectivity index is 1.92. The third kappa shape index (κ3) is 3.56. The van der Waals surface area contributed by atoms with Gasteiger partial charge in [-0.05, 0) is 37.3 Å². The molecule has 2 heterocycles. The van der Waals surface area contributed by atoms with Gasteiger partial charge in [-0.25, -0.2) is 0 Å². The lowest BCUT2D eigenvalue weighted by atomic mass is 9.88. The average molecular weight is 265 g/mol. The van der Waals surface area contributed by atoms with Gasteiger partial charge in [-0.15, -0.1) is 0 Å². The van der Waals surface area contributed by atoms with E-state index in [4.69, 9.17) is 0 Å². The van der Waals surface area contributed by atoms with Crippen LogP contribution in [0.25, 0.3) is 0 Å². The molecule has 1 aromatic rings. The first kappa shape index (κ1) is 14.1. The highest BCUT2D eigenvalue weighted by Crippen LogP contribution is 2.25. The van der Waals surface area contributed by atoms with Gasteiger partial charge in [0.25, 0.3) is 0 Å². The van der Waals surface area contributed by atoms with Crippen LogP contribution in [0.1, 0.15) is 31.7 Å². The van der Waals surface area contributed by atoms with Crippen molar-refractivity contribution >= 4 is 5.97 Å². The van der Waals surface area contributed by atoms with Crippen molar-refractivity contribution in [3.63, 3.8) is 0 Å². The monoisotopic (exact) mass is 265 g/mol. The highest BCUT2D eigenvalue weighted by molar-refractivity contribution is 5.73. The fourth-order valence-electron chi connectivity index (χ4n) is 2.86. The standard InChI is InChI=1S/C14H23N3O2/c1-3-11-4-6-17(13(8-11)14(18)19)7-5-12-9-15-16(2)10-12/h9-11,13H,3-8H2,1-2H3,(H,18,19). The van der Waals surface area contributed by atoms with E-state index >= 15 is 0 Å². The van der Waals surface area contributed by atoms with E-state index < -0.39 is 5.97 Å². The van der Waals surface area contributed by atoms with E-state index in [-0.39, 0.29) is 6.04 Å². The Kier molecular flexibility index (Phi) is 4.58. The van der Waals surface area contributed by atoms with Crippen molar-refractivity contribution in [1.29, 1.82) is 0 Å². The summed E-state index contributed by atoms with van der Waals surface area (Å²) >= 11 is 0. The fourth-order valence-corrected chi connectivity index (χ4v) is 2.86. The first-order valence-corrected chi connectivity index (χ1v) is 7.04.